The molecule has 0 aliphatic heterocycles. The Morgan fingerprint density at radius 1 is 0.510 bits per heavy atom. The van der Waals surface area contributed by atoms with Crippen LogP contribution in [0.4, 0.5) is 17.1 Å². The fourth-order valence-corrected chi connectivity index (χ4v) is 7.95. The van der Waals surface area contributed by atoms with Gasteiger partial charge in [-0.2, -0.15) is 0 Å². The normalized spacial score (nSPS) is 14.0. The fraction of sp³-hybridized carbons (Fsp3) is 0. The van der Waals surface area contributed by atoms with Crippen LogP contribution in [0, 0.1) is 0 Å². The molecular weight excluding hydrogens is 615 g/mol. The number of anilines is 3. The summed E-state index contributed by atoms with van der Waals surface area (Å²) >= 11 is 1.60. The molecule has 0 unspecified atom stereocenters. The molecule has 2 heterocycles. The second-order valence-electron chi connectivity index (χ2n) is 11.9. The van der Waals surface area contributed by atoms with Crippen LogP contribution in [-0.4, -0.2) is 0 Å². The molecular formula is C46H29NOS. The molecule has 8 aromatic carbocycles. The van der Waals surface area contributed by atoms with Gasteiger partial charge < -0.3 is 9.32 Å². The Kier molecular flexibility index (Phi) is 4.80. The van der Waals surface area contributed by atoms with Crippen molar-refractivity contribution >= 4 is 81.3 Å². The summed E-state index contributed by atoms with van der Waals surface area (Å²) in [5.74, 6) is 0. The van der Waals surface area contributed by atoms with Crippen molar-refractivity contribution in [3.05, 3.63) is 176 Å². The molecule has 2 aromatic heterocycles. The number of para-hydroxylation sites is 1. The molecule has 2 nitrogen and oxygen atoms in total. The van der Waals surface area contributed by atoms with Crippen molar-refractivity contribution in [1.29, 1.82) is 0 Å². The zero-order chi connectivity index (χ0) is 39.3. The van der Waals surface area contributed by atoms with Crippen LogP contribution in [0.1, 0.15) is 11.0 Å². The number of fused-ring (bicyclic) bond motifs is 8. The summed E-state index contributed by atoms with van der Waals surface area (Å²) in [6, 6.07) is 36.8. The topological polar surface area (TPSA) is 16.4 Å². The summed E-state index contributed by atoms with van der Waals surface area (Å²) in [6.07, 6.45) is 0. The highest BCUT2D eigenvalue weighted by Gasteiger charge is 2.22. The SMILES string of the molecule is [2H]c1c([2H])c([2H])c(N(c2c([2H])c([2H])c(-c3ccc4c(c3)sc3ccccc34)c([2H])c2[2H])c2cccc3oc4c5ccccc5ccc4c23)c(-c2ccccc2)c1[2H]. The monoisotopic (exact) mass is 651 g/mol. The van der Waals surface area contributed by atoms with Crippen LogP contribution in [0.5, 0.6) is 0 Å². The van der Waals surface area contributed by atoms with Crippen LogP contribution >= 0.6 is 11.3 Å². The van der Waals surface area contributed by atoms with Gasteiger partial charge in [0.1, 0.15) is 11.2 Å². The maximum Gasteiger partial charge on any atom is 0.143 e. The molecule has 0 atom stereocenters. The van der Waals surface area contributed by atoms with Crippen LogP contribution in [-0.2, 0) is 0 Å². The summed E-state index contributed by atoms with van der Waals surface area (Å²) in [7, 11) is 0. The number of thiophene rings is 1. The molecule has 49 heavy (non-hydrogen) atoms. The maximum absolute atomic E-state index is 9.69. The summed E-state index contributed by atoms with van der Waals surface area (Å²) in [6.45, 7) is 0. The summed E-state index contributed by atoms with van der Waals surface area (Å²) in [4.78, 5) is 1.48. The minimum Gasteiger partial charge on any atom is -0.455 e. The van der Waals surface area contributed by atoms with E-state index in [0.717, 1.165) is 36.3 Å². The lowest BCUT2D eigenvalue weighted by atomic mass is 9.99. The first-order chi connectivity index (χ1) is 27.6. The highest BCUT2D eigenvalue weighted by atomic mass is 32.1. The number of nitrogens with zero attached hydrogens (tertiary/aromatic N) is 1. The number of benzene rings is 8. The van der Waals surface area contributed by atoms with E-state index in [2.05, 4.69) is 6.07 Å². The molecule has 0 N–H and O–H groups in total. The number of rotatable bonds is 5. The molecule has 0 bridgehead atoms. The highest BCUT2D eigenvalue weighted by molar-refractivity contribution is 7.25. The van der Waals surface area contributed by atoms with Gasteiger partial charge in [0.05, 0.1) is 27.7 Å². The van der Waals surface area contributed by atoms with Crippen LogP contribution in [0.15, 0.2) is 180 Å². The van der Waals surface area contributed by atoms with Gasteiger partial charge in [-0.1, -0.05) is 127 Å². The standard InChI is InChI=1S/C46H29NOS/c1-2-11-31(12-3-1)35-14-6-8-17-40(35)47(41-18-10-19-42-45(41)39-28-23-32-13-4-5-15-36(32)46(39)48-42)34-25-21-30(22-26-34)33-24-27-38-37-16-7-9-20-43(37)49-44(38)29-33/h1-29H/i6D,8D,14D,17D,21D,22D,25D,26D. The lowest BCUT2D eigenvalue weighted by Gasteiger charge is -2.28. The van der Waals surface area contributed by atoms with Gasteiger partial charge >= 0.3 is 0 Å². The second kappa shape index (κ2) is 11.2. The van der Waals surface area contributed by atoms with E-state index in [0.29, 0.717) is 33.4 Å². The molecule has 0 saturated carbocycles. The Bertz CT molecular complexity index is 3270. The van der Waals surface area contributed by atoms with Crippen LogP contribution < -0.4 is 4.90 Å². The molecule has 0 radical (unpaired) electrons. The van der Waals surface area contributed by atoms with Gasteiger partial charge in [0.2, 0.25) is 0 Å². The predicted octanol–water partition coefficient (Wildman–Crippen LogP) is 13.9. The van der Waals surface area contributed by atoms with E-state index < -0.39 is 18.1 Å². The summed E-state index contributed by atoms with van der Waals surface area (Å²) in [5, 5.41) is 5.28. The third kappa shape index (κ3) is 4.55. The summed E-state index contributed by atoms with van der Waals surface area (Å²) in [5.41, 5.74) is 2.57. The number of hydrogen-bond acceptors (Lipinski definition) is 3. The highest BCUT2D eigenvalue weighted by Crippen LogP contribution is 2.47. The molecule has 0 aliphatic carbocycles. The molecule has 0 saturated heterocycles. The molecule has 3 heteroatoms. The smallest absolute Gasteiger partial charge is 0.143 e. The molecule has 0 aliphatic rings. The first kappa shape index (κ1) is 20.9. The summed E-state index contributed by atoms with van der Waals surface area (Å²) < 4.78 is 83.3. The van der Waals surface area contributed by atoms with Crippen LogP contribution in [0.3, 0.4) is 0 Å². The van der Waals surface area contributed by atoms with Crippen molar-refractivity contribution < 1.29 is 15.4 Å². The molecule has 10 aromatic rings. The molecule has 10 rings (SSSR count). The van der Waals surface area contributed by atoms with Crippen molar-refractivity contribution in [2.75, 3.05) is 4.90 Å². The number of furan rings is 1. The zero-order valence-corrected chi connectivity index (χ0v) is 26.7. The minimum absolute atomic E-state index is 0.0184. The third-order valence-corrected chi connectivity index (χ3v) is 10.2. The largest absolute Gasteiger partial charge is 0.455 e. The lowest BCUT2D eigenvalue weighted by Crippen LogP contribution is -2.11. The Balaban J connectivity index is 1.32. The van der Waals surface area contributed by atoms with Crippen molar-refractivity contribution in [2.45, 2.75) is 0 Å². The van der Waals surface area contributed by atoms with Gasteiger partial charge in [-0.15, -0.1) is 11.3 Å². The Morgan fingerprint density at radius 2 is 1.27 bits per heavy atom. The van der Waals surface area contributed by atoms with Crippen molar-refractivity contribution in [2.24, 2.45) is 0 Å². The number of hydrogen-bond donors (Lipinski definition) is 0. The van der Waals surface area contributed by atoms with Crippen molar-refractivity contribution in [3.63, 3.8) is 0 Å². The Hall–Kier alpha value is -6.16. The Labute approximate surface area is 299 Å². The molecule has 0 spiro atoms. The molecule has 0 amide bonds. The second-order valence-corrected chi connectivity index (χ2v) is 13.0. The van der Waals surface area contributed by atoms with E-state index in [1.165, 1.54) is 4.90 Å². The lowest BCUT2D eigenvalue weighted by molar-refractivity contribution is 0.672. The average molecular weight is 652 g/mol. The first-order valence-electron chi connectivity index (χ1n) is 19.9. The third-order valence-electron chi connectivity index (χ3n) is 9.06. The van der Waals surface area contributed by atoms with Gasteiger partial charge in [0.15, 0.2) is 0 Å². The predicted molar refractivity (Wildman–Crippen MR) is 210 cm³/mol. The average Bonchev–Trinajstić information content (AvgIpc) is 3.81. The van der Waals surface area contributed by atoms with Gasteiger partial charge in [-0.3, -0.25) is 0 Å². The van der Waals surface area contributed by atoms with Gasteiger partial charge in [0.25, 0.3) is 0 Å². The van der Waals surface area contributed by atoms with E-state index in [-0.39, 0.29) is 52.7 Å². The van der Waals surface area contributed by atoms with E-state index in [1.54, 1.807) is 47.7 Å². The van der Waals surface area contributed by atoms with E-state index in [1.807, 2.05) is 84.9 Å². The zero-order valence-electron chi connectivity index (χ0n) is 33.9. The fourth-order valence-electron chi connectivity index (χ4n) is 6.80. The minimum atomic E-state index is -0.501. The van der Waals surface area contributed by atoms with Gasteiger partial charge in [0, 0.05) is 42.2 Å². The maximum atomic E-state index is 9.69. The van der Waals surface area contributed by atoms with Crippen molar-refractivity contribution in [1.82, 2.24) is 0 Å². The van der Waals surface area contributed by atoms with Crippen LogP contribution in [0.25, 0.3) is 75.1 Å². The van der Waals surface area contributed by atoms with Crippen molar-refractivity contribution in [3.8, 4) is 22.3 Å². The van der Waals surface area contributed by atoms with Gasteiger partial charge in [-0.05, 0) is 70.5 Å². The molecule has 0 fully saturated rings. The molecule has 230 valence electrons. The van der Waals surface area contributed by atoms with Crippen LogP contribution in [0.2, 0.25) is 0 Å². The quantitative estimate of drug-likeness (QED) is 0.184. The van der Waals surface area contributed by atoms with E-state index in [9.17, 15) is 8.22 Å². The Morgan fingerprint density at radius 3 is 2.16 bits per heavy atom. The van der Waals surface area contributed by atoms with E-state index in [4.69, 9.17) is 7.16 Å². The first-order valence-corrected chi connectivity index (χ1v) is 16.8. The van der Waals surface area contributed by atoms with Gasteiger partial charge in [-0.25, -0.2) is 0 Å². The van der Waals surface area contributed by atoms with E-state index >= 15 is 0 Å².